The number of rotatable bonds is 4. The topological polar surface area (TPSA) is 66.2 Å². The molecular weight excluding hydrogens is 390 g/mol. The Morgan fingerprint density at radius 2 is 1.83 bits per heavy atom. The highest BCUT2D eigenvalue weighted by molar-refractivity contribution is 6.31. The highest BCUT2D eigenvalue weighted by Crippen LogP contribution is 2.25. The number of imidazole rings is 2. The van der Waals surface area contributed by atoms with E-state index in [1.807, 2.05) is 36.4 Å². The molecule has 1 aromatic carbocycles. The van der Waals surface area contributed by atoms with E-state index in [0.717, 1.165) is 23.4 Å². The Morgan fingerprint density at radius 1 is 1.14 bits per heavy atom. The van der Waals surface area contributed by atoms with Gasteiger partial charge in [0.15, 0.2) is 11.2 Å². The molecule has 0 aliphatic carbocycles. The van der Waals surface area contributed by atoms with Gasteiger partial charge in [0.05, 0.1) is 6.54 Å². The molecular formula is C21H24ClN5O2. The van der Waals surface area contributed by atoms with Crippen LogP contribution < -0.4 is 11.2 Å². The first kappa shape index (κ1) is 19.5. The monoisotopic (exact) mass is 413 g/mol. The molecule has 0 spiro atoms. The third kappa shape index (κ3) is 2.75. The molecule has 7 nitrogen and oxygen atoms in total. The molecule has 0 fully saturated rings. The van der Waals surface area contributed by atoms with Gasteiger partial charge >= 0.3 is 5.69 Å². The SMILES string of the molecule is CC[C@@H](C)n1c(C)c(C)n2c3c(=O)n(Cc4ccccc4Cl)c(=O)n(C)c3nc12. The Hall–Kier alpha value is -2.80. The maximum atomic E-state index is 13.4. The standard InChI is InChI=1S/C21H24ClN5O2/c1-6-12(2)26-13(3)14(4)27-17-18(23-20(26)27)24(5)21(29)25(19(17)28)11-15-9-7-8-10-16(15)22/h7-10,12H,6,11H2,1-5H3/t12-/m1/s1. The quantitative estimate of drug-likeness (QED) is 0.514. The van der Waals surface area contributed by atoms with Crippen LogP contribution in [0.5, 0.6) is 0 Å². The molecule has 0 saturated heterocycles. The summed E-state index contributed by atoms with van der Waals surface area (Å²) in [6.07, 6.45) is 0.934. The van der Waals surface area contributed by atoms with Gasteiger partial charge in [-0.05, 0) is 38.8 Å². The molecule has 0 aliphatic rings. The molecule has 8 heteroatoms. The molecule has 152 valence electrons. The summed E-state index contributed by atoms with van der Waals surface area (Å²) in [5.41, 5.74) is 2.77. The van der Waals surface area contributed by atoms with Gasteiger partial charge in [-0.2, -0.15) is 4.98 Å². The van der Waals surface area contributed by atoms with Gasteiger partial charge in [-0.15, -0.1) is 0 Å². The molecule has 1 atom stereocenters. The van der Waals surface area contributed by atoms with E-state index < -0.39 is 5.69 Å². The molecule has 3 aromatic heterocycles. The summed E-state index contributed by atoms with van der Waals surface area (Å²) in [4.78, 5) is 31.1. The van der Waals surface area contributed by atoms with Crippen molar-refractivity contribution < 1.29 is 0 Å². The lowest BCUT2D eigenvalue weighted by molar-refractivity contribution is 0.532. The Bertz CT molecular complexity index is 1370. The fourth-order valence-corrected chi connectivity index (χ4v) is 4.12. The molecule has 0 saturated carbocycles. The van der Waals surface area contributed by atoms with E-state index in [-0.39, 0.29) is 18.1 Å². The average Bonchev–Trinajstić information content (AvgIpc) is 3.20. The number of nitrogens with zero attached hydrogens (tertiary/aromatic N) is 5. The lowest BCUT2D eigenvalue weighted by Gasteiger charge is -2.13. The van der Waals surface area contributed by atoms with Gasteiger partial charge in [-0.25, -0.2) is 4.79 Å². The Morgan fingerprint density at radius 3 is 2.48 bits per heavy atom. The van der Waals surface area contributed by atoms with E-state index in [1.165, 1.54) is 9.13 Å². The lowest BCUT2D eigenvalue weighted by Crippen LogP contribution is -2.39. The normalized spacial score (nSPS) is 12.9. The minimum Gasteiger partial charge on any atom is -0.311 e. The number of benzene rings is 1. The molecule has 0 radical (unpaired) electrons. The van der Waals surface area contributed by atoms with E-state index in [4.69, 9.17) is 16.6 Å². The third-order valence-electron chi connectivity index (χ3n) is 5.88. The van der Waals surface area contributed by atoms with E-state index in [2.05, 4.69) is 18.4 Å². The zero-order chi connectivity index (χ0) is 21.0. The predicted octanol–water partition coefficient (Wildman–Crippen LogP) is 3.44. The van der Waals surface area contributed by atoms with Gasteiger partial charge < -0.3 is 4.57 Å². The molecule has 0 N–H and O–H groups in total. The summed E-state index contributed by atoms with van der Waals surface area (Å²) in [6.45, 7) is 8.36. The van der Waals surface area contributed by atoms with Crippen molar-refractivity contribution in [2.75, 3.05) is 0 Å². The number of aromatic nitrogens is 5. The van der Waals surface area contributed by atoms with Crippen molar-refractivity contribution in [2.45, 2.75) is 46.7 Å². The minimum absolute atomic E-state index is 0.110. The zero-order valence-electron chi connectivity index (χ0n) is 17.2. The van der Waals surface area contributed by atoms with Crippen molar-refractivity contribution in [1.29, 1.82) is 0 Å². The van der Waals surface area contributed by atoms with Crippen molar-refractivity contribution in [3.05, 3.63) is 67.1 Å². The van der Waals surface area contributed by atoms with Crippen LogP contribution in [0.3, 0.4) is 0 Å². The zero-order valence-corrected chi connectivity index (χ0v) is 18.0. The van der Waals surface area contributed by atoms with Crippen molar-refractivity contribution in [3.8, 4) is 0 Å². The maximum absolute atomic E-state index is 13.4. The smallest absolute Gasteiger partial charge is 0.311 e. The summed E-state index contributed by atoms with van der Waals surface area (Å²) < 4.78 is 6.68. The highest BCUT2D eigenvalue weighted by atomic mass is 35.5. The fraction of sp³-hybridized carbons (Fsp3) is 0.381. The van der Waals surface area contributed by atoms with E-state index in [1.54, 1.807) is 13.1 Å². The van der Waals surface area contributed by atoms with Crippen LogP contribution in [0.25, 0.3) is 16.9 Å². The molecule has 0 unspecified atom stereocenters. The first-order valence-corrected chi connectivity index (χ1v) is 10.1. The molecule has 0 amide bonds. The summed E-state index contributed by atoms with van der Waals surface area (Å²) in [5, 5.41) is 0.523. The highest BCUT2D eigenvalue weighted by Gasteiger charge is 2.24. The second kappa shape index (κ2) is 6.91. The van der Waals surface area contributed by atoms with Gasteiger partial charge in [0, 0.05) is 29.5 Å². The van der Waals surface area contributed by atoms with Crippen LogP contribution in [0.1, 0.15) is 43.3 Å². The van der Waals surface area contributed by atoms with E-state index >= 15 is 0 Å². The minimum atomic E-state index is -0.410. The van der Waals surface area contributed by atoms with Crippen LogP contribution in [0.15, 0.2) is 33.9 Å². The van der Waals surface area contributed by atoms with Crippen molar-refractivity contribution >= 4 is 28.5 Å². The molecule has 0 aliphatic heterocycles. The number of hydrogen-bond donors (Lipinski definition) is 0. The number of fused-ring (bicyclic) bond motifs is 3. The van der Waals surface area contributed by atoms with Gasteiger partial charge in [0.25, 0.3) is 5.56 Å². The summed E-state index contributed by atoms with van der Waals surface area (Å²) >= 11 is 6.27. The number of hydrogen-bond acceptors (Lipinski definition) is 3. The van der Waals surface area contributed by atoms with Crippen LogP contribution in [-0.4, -0.2) is 23.1 Å². The predicted molar refractivity (Wildman–Crippen MR) is 115 cm³/mol. The third-order valence-corrected chi connectivity index (χ3v) is 6.25. The van der Waals surface area contributed by atoms with Gasteiger partial charge in [-0.1, -0.05) is 36.7 Å². The fourth-order valence-electron chi connectivity index (χ4n) is 3.92. The van der Waals surface area contributed by atoms with Gasteiger partial charge in [0.2, 0.25) is 5.78 Å². The van der Waals surface area contributed by atoms with Crippen molar-refractivity contribution in [2.24, 2.45) is 7.05 Å². The second-order valence-corrected chi connectivity index (χ2v) is 7.95. The lowest BCUT2D eigenvalue weighted by atomic mass is 10.2. The maximum Gasteiger partial charge on any atom is 0.332 e. The van der Waals surface area contributed by atoms with E-state index in [9.17, 15) is 9.59 Å². The average molecular weight is 414 g/mol. The molecule has 29 heavy (non-hydrogen) atoms. The Balaban J connectivity index is 2.09. The largest absolute Gasteiger partial charge is 0.332 e. The number of aryl methyl sites for hydroxylation is 2. The van der Waals surface area contributed by atoms with Crippen molar-refractivity contribution in [3.63, 3.8) is 0 Å². The Labute approximate surface area is 172 Å². The summed E-state index contributed by atoms with van der Waals surface area (Å²) in [5.74, 6) is 0.687. The van der Waals surface area contributed by atoms with Crippen LogP contribution >= 0.6 is 11.6 Å². The van der Waals surface area contributed by atoms with Crippen LogP contribution in [0, 0.1) is 13.8 Å². The molecule has 3 heterocycles. The van der Waals surface area contributed by atoms with Crippen LogP contribution in [0.4, 0.5) is 0 Å². The molecule has 0 bridgehead atoms. The van der Waals surface area contributed by atoms with E-state index in [0.29, 0.717) is 22.0 Å². The van der Waals surface area contributed by atoms with Crippen LogP contribution in [-0.2, 0) is 13.6 Å². The molecule has 4 rings (SSSR count). The first-order valence-electron chi connectivity index (χ1n) is 9.70. The van der Waals surface area contributed by atoms with Gasteiger partial charge in [0.1, 0.15) is 0 Å². The van der Waals surface area contributed by atoms with Gasteiger partial charge in [-0.3, -0.25) is 18.3 Å². The van der Waals surface area contributed by atoms with Crippen LogP contribution in [0.2, 0.25) is 5.02 Å². The summed E-state index contributed by atoms with van der Waals surface area (Å²) in [6, 6.07) is 7.46. The van der Waals surface area contributed by atoms with Crippen molar-refractivity contribution in [1.82, 2.24) is 23.1 Å². The first-order chi connectivity index (χ1) is 13.8. The molecule has 4 aromatic rings. The summed E-state index contributed by atoms with van der Waals surface area (Å²) in [7, 11) is 1.65. The second-order valence-electron chi connectivity index (χ2n) is 7.54. The Kier molecular flexibility index (Phi) is 4.65. The number of halogens is 1.